The van der Waals surface area contributed by atoms with Crippen LogP contribution < -0.4 is 10.5 Å². The van der Waals surface area contributed by atoms with E-state index in [1.54, 1.807) is 0 Å². The van der Waals surface area contributed by atoms with Gasteiger partial charge >= 0.3 is 0 Å². The van der Waals surface area contributed by atoms with Crippen LogP contribution in [0.4, 0.5) is 5.69 Å². The second kappa shape index (κ2) is 6.49. The highest BCUT2D eigenvalue weighted by atomic mass is 31.0. The molecular formula is C18H24NOP. The average molecular weight is 301 g/mol. The number of hydrogen-bond donors (Lipinski definition) is 1. The molecule has 0 atom stereocenters. The van der Waals surface area contributed by atoms with Gasteiger partial charge in [0.05, 0.1) is 0 Å². The third-order valence-electron chi connectivity index (χ3n) is 3.73. The summed E-state index contributed by atoms with van der Waals surface area (Å²) >= 11 is 0. The van der Waals surface area contributed by atoms with Crippen LogP contribution in [0, 0.1) is 0 Å². The summed E-state index contributed by atoms with van der Waals surface area (Å²) in [6.45, 7) is 8.65. The van der Waals surface area contributed by atoms with Gasteiger partial charge in [-0.15, -0.1) is 0 Å². The third kappa shape index (κ3) is 3.77. The molecule has 0 saturated heterocycles. The molecule has 0 aliphatic rings. The number of ether oxygens (including phenoxy) is 1. The molecule has 0 aliphatic heterocycles. The van der Waals surface area contributed by atoms with Gasteiger partial charge in [-0.1, -0.05) is 32.0 Å². The van der Waals surface area contributed by atoms with Crippen molar-refractivity contribution in [3.8, 4) is 5.48 Å². The maximum Gasteiger partial charge on any atom is 0.146 e. The topological polar surface area (TPSA) is 35.2 Å². The van der Waals surface area contributed by atoms with Crippen molar-refractivity contribution in [3.05, 3.63) is 52.8 Å². The summed E-state index contributed by atoms with van der Waals surface area (Å²) in [6, 6.07) is 10.6. The van der Waals surface area contributed by atoms with Gasteiger partial charge in [-0.3, -0.25) is 0 Å². The minimum Gasteiger partial charge on any atom is -0.479 e. The summed E-state index contributed by atoms with van der Waals surface area (Å²) < 4.78 is 6.25. The summed E-state index contributed by atoms with van der Waals surface area (Å²) in [4.78, 5) is 0. The highest BCUT2D eigenvalue weighted by Gasteiger charge is 2.25. The fourth-order valence-electron chi connectivity index (χ4n) is 2.52. The molecule has 2 aromatic rings. The molecular weight excluding hydrogens is 277 g/mol. The van der Waals surface area contributed by atoms with E-state index in [1.165, 1.54) is 16.7 Å². The molecule has 0 bridgehead atoms. The first-order valence-corrected chi connectivity index (χ1v) is 8.45. The molecule has 0 unspecified atom stereocenters. The van der Waals surface area contributed by atoms with E-state index in [-0.39, 0.29) is 5.60 Å². The van der Waals surface area contributed by atoms with Crippen LogP contribution in [0.2, 0.25) is 0 Å². The van der Waals surface area contributed by atoms with Crippen molar-refractivity contribution in [3.63, 3.8) is 0 Å². The maximum absolute atomic E-state index is 6.25. The first kappa shape index (κ1) is 15.9. The smallest absolute Gasteiger partial charge is 0.146 e. The van der Waals surface area contributed by atoms with Crippen LogP contribution in [0.5, 0.6) is 5.48 Å². The SMILES string of the molecule is CCc1ccc(C(C)(C)Oc2ccc(N)cp2)c(CC)c1. The predicted molar refractivity (Wildman–Crippen MR) is 92.2 cm³/mol. The third-order valence-corrected chi connectivity index (χ3v) is 4.65. The summed E-state index contributed by atoms with van der Waals surface area (Å²) in [6.07, 6.45) is 2.09. The Labute approximate surface area is 129 Å². The minimum absolute atomic E-state index is 0.343. The zero-order chi connectivity index (χ0) is 15.5. The number of rotatable bonds is 5. The Kier molecular flexibility index (Phi) is 4.90. The number of benzene rings is 1. The summed E-state index contributed by atoms with van der Waals surface area (Å²) in [7, 11) is 1.02. The van der Waals surface area contributed by atoms with Gasteiger partial charge in [-0.2, -0.15) is 0 Å². The molecule has 0 amide bonds. The lowest BCUT2D eigenvalue weighted by atomic mass is 9.90. The van der Waals surface area contributed by atoms with Crippen LogP contribution in [0.1, 0.15) is 44.4 Å². The number of nitrogens with two attached hydrogens (primary N) is 1. The Morgan fingerprint density at radius 3 is 2.43 bits per heavy atom. The molecule has 0 fully saturated rings. The molecule has 0 saturated carbocycles. The van der Waals surface area contributed by atoms with Crippen LogP contribution in [0.25, 0.3) is 0 Å². The van der Waals surface area contributed by atoms with Gasteiger partial charge in [0.1, 0.15) is 11.1 Å². The number of aryl methyl sites for hydroxylation is 2. The Balaban J connectivity index is 2.32. The van der Waals surface area contributed by atoms with Gasteiger partial charge in [0.2, 0.25) is 0 Å². The standard InChI is InChI=1S/C18H24NOP/c1-5-13-7-9-16(14(6-2)11-13)18(3,4)20-17-10-8-15(19)12-21-17/h7-12H,5-6,19H2,1-4H3. The molecule has 0 radical (unpaired) electrons. The first-order chi connectivity index (χ1) is 9.96. The fraction of sp³-hybridized carbons (Fsp3) is 0.389. The number of nitrogen functional groups attached to an aromatic ring is 1. The average Bonchev–Trinajstić information content (AvgIpc) is 2.48. The van der Waals surface area contributed by atoms with Crippen LogP contribution in [0.3, 0.4) is 0 Å². The summed E-state index contributed by atoms with van der Waals surface area (Å²) in [5.74, 6) is 1.96. The molecule has 0 spiro atoms. The largest absolute Gasteiger partial charge is 0.479 e. The van der Waals surface area contributed by atoms with Crippen molar-refractivity contribution >= 4 is 13.9 Å². The van der Waals surface area contributed by atoms with E-state index in [4.69, 9.17) is 10.5 Å². The molecule has 21 heavy (non-hydrogen) atoms. The predicted octanol–water partition coefficient (Wildman–Crippen LogP) is 5.29. The number of anilines is 1. The molecule has 2 rings (SSSR count). The maximum atomic E-state index is 6.25. The van der Waals surface area contributed by atoms with Crippen molar-refractivity contribution in [2.45, 2.75) is 46.1 Å². The van der Waals surface area contributed by atoms with Gasteiger partial charge in [0, 0.05) is 5.69 Å². The van der Waals surface area contributed by atoms with Gasteiger partial charge in [0.15, 0.2) is 0 Å². The molecule has 1 aromatic carbocycles. The molecule has 3 heteroatoms. The van der Waals surface area contributed by atoms with Crippen molar-refractivity contribution < 1.29 is 4.74 Å². The zero-order valence-corrected chi connectivity index (χ0v) is 14.2. The normalized spacial score (nSPS) is 11.8. The molecule has 0 aliphatic carbocycles. The van der Waals surface area contributed by atoms with Crippen molar-refractivity contribution in [2.24, 2.45) is 0 Å². The lowest BCUT2D eigenvalue weighted by molar-refractivity contribution is 0.113. The molecule has 2 nitrogen and oxygen atoms in total. The van der Waals surface area contributed by atoms with E-state index in [2.05, 4.69) is 45.9 Å². The summed E-state index contributed by atoms with van der Waals surface area (Å²) in [5.41, 5.74) is 11.2. The second-order valence-corrected chi connectivity index (χ2v) is 6.70. The van der Waals surface area contributed by atoms with Crippen LogP contribution in [0.15, 0.2) is 36.1 Å². The Morgan fingerprint density at radius 2 is 1.86 bits per heavy atom. The Bertz CT molecular complexity index is 605. The van der Waals surface area contributed by atoms with E-state index in [0.717, 1.165) is 32.2 Å². The van der Waals surface area contributed by atoms with Gasteiger partial charge in [0.25, 0.3) is 0 Å². The van der Waals surface area contributed by atoms with Crippen molar-refractivity contribution in [1.29, 1.82) is 0 Å². The Hall–Kier alpha value is -1.53. The van der Waals surface area contributed by atoms with Gasteiger partial charge in [-0.05, 0) is 69.5 Å². The van der Waals surface area contributed by atoms with E-state index >= 15 is 0 Å². The van der Waals surface area contributed by atoms with Crippen LogP contribution in [-0.4, -0.2) is 0 Å². The van der Waals surface area contributed by atoms with Crippen molar-refractivity contribution in [1.82, 2.24) is 0 Å². The molecule has 2 N–H and O–H groups in total. The first-order valence-electron chi connectivity index (χ1n) is 7.49. The van der Waals surface area contributed by atoms with E-state index in [0.29, 0.717) is 0 Å². The van der Waals surface area contributed by atoms with Gasteiger partial charge < -0.3 is 10.5 Å². The van der Waals surface area contributed by atoms with Crippen LogP contribution >= 0.6 is 8.19 Å². The monoisotopic (exact) mass is 301 g/mol. The Morgan fingerprint density at radius 1 is 1.10 bits per heavy atom. The zero-order valence-electron chi connectivity index (χ0n) is 13.3. The number of hydrogen-bond acceptors (Lipinski definition) is 2. The van der Waals surface area contributed by atoms with Crippen LogP contribution in [-0.2, 0) is 18.4 Å². The second-order valence-electron chi connectivity index (χ2n) is 5.74. The molecule has 1 heterocycles. The fourth-order valence-corrected chi connectivity index (χ4v) is 3.32. The quantitative estimate of drug-likeness (QED) is 0.814. The van der Waals surface area contributed by atoms with E-state index in [9.17, 15) is 0 Å². The highest BCUT2D eigenvalue weighted by molar-refractivity contribution is 7.31. The molecule has 112 valence electrons. The molecule has 1 aromatic heterocycles. The van der Waals surface area contributed by atoms with E-state index < -0.39 is 0 Å². The lowest BCUT2D eigenvalue weighted by Crippen LogP contribution is -2.26. The highest BCUT2D eigenvalue weighted by Crippen LogP contribution is 2.35. The summed E-state index contributed by atoms with van der Waals surface area (Å²) in [5, 5.41) is 0. The lowest BCUT2D eigenvalue weighted by Gasteiger charge is -2.29. The van der Waals surface area contributed by atoms with Crippen molar-refractivity contribution in [2.75, 3.05) is 5.73 Å². The van der Waals surface area contributed by atoms with Gasteiger partial charge in [-0.25, -0.2) is 0 Å². The van der Waals surface area contributed by atoms with E-state index in [1.807, 2.05) is 17.9 Å². The minimum atomic E-state index is -0.343.